The molecular formula is C29H37F3N2. The third kappa shape index (κ3) is 6.02. The summed E-state index contributed by atoms with van der Waals surface area (Å²) in [6.07, 6.45) is 2.17. The SMILES string of the molecule is CCC(CCC(C#N)(c1ccccc1C(F)(F)F)C1CCCC1)N(CC)CCc1ccccc1. The minimum Gasteiger partial charge on any atom is -0.300 e. The van der Waals surface area contributed by atoms with E-state index in [4.69, 9.17) is 0 Å². The molecule has 5 heteroatoms. The molecule has 0 saturated heterocycles. The lowest BCUT2D eigenvalue weighted by Gasteiger charge is -2.38. The largest absolute Gasteiger partial charge is 0.416 e. The first-order valence-corrected chi connectivity index (χ1v) is 12.7. The molecule has 1 aliphatic rings. The zero-order valence-electron chi connectivity index (χ0n) is 20.5. The molecule has 0 heterocycles. The molecule has 0 spiro atoms. The number of halogens is 3. The average molecular weight is 471 g/mol. The molecule has 2 aromatic carbocycles. The van der Waals surface area contributed by atoms with Crippen molar-refractivity contribution in [2.45, 2.75) is 82.8 Å². The van der Waals surface area contributed by atoms with Crippen molar-refractivity contribution in [1.29, 1.82) is 5.26 Å². The van der Waals surface area contributed by atoms with Crippen LogP contribution in [0.4, 0.5) is 13.2 Å². The van der Waals surface area contributed by atoms with Gasteiger partial charge in [0.05, 0.1) is 17.0 Å². The third-order valence-corrected chi connectivity index (χ3v) is 7.76. The first kappa shape index (κ1) is 26.3. The van der Waals surface area contributed by atoms with Gasteiger partial charge in [0.25, 0.3) is 0 Å². The Balaban J connectivity index is 1.86. The Hall–Kier alpha value is -2.32. The maximum Gasteiger partial charge on any atom is 0.416 e. The van der Waals surface area contributed by atoms with Gasteiger partial charge in [-0.15, -0.1) is 0 Å². The molecule has 2 unspecified atom stereocenters. The summed E-state index contributed by atoms with van der Waals surface area (Å²) in [7, 11) is 0. The van der Waals surface area contributed by atoms with Crippen molar-refractivity contribution >= 4 is 0 Å². The maximum absolute atomic E-state index is 14.0. The van der Waals surface area contributed by atoms with Crippen LogP contribution >= 0.6 is 0 Å². The quantitative estimate of drug-likeness (QED) is 0.335. The molecule has 2 atom stereocenters. The van der Waals surface area contributed by atoms with Gasteiger partial charge in [0.15, 0.2) is 0 Å². The molecule has 1 saturated carbocycles. The van der Waals surface area contributed by atoms with Gasteiger partial charge in [-0.05, 0) is 68.2 Å². The van der Waals surface area contributed by atoms with Gasteiger partial charge >= 0.3 is 6.18 Å². The minimum absolute atomic E-state index is 0.0297. The Kier molecular flexibility index (Phi) is 9.19. The predicted octanol–water partition coefficient (Wildman–Crippen LogP) is 7.78. The van der Waals surface area contributed by atoms with E-state index in [9.17, 15) is 18.4 Å². The van der Waals surface area contributed by atoms with Crippen LogP contribution in [-0.2, 0) is 18.0 Å². The van der Waals surface area contributed by atoms with E-state index in [0.717, 1.165) is 64.1 Å². The van der Waals surface area contributed by atoms with Crippen LogP contribution in [0.15, 0.2) is 54.6 Å². The van der Waals surface area contributed by atoms with Gasteiger partial charge in [-0.3, -0.25) is 0 Å². The number of hydrogen-bond acceptors (Lipinski definition) is 2. The Bertz CT molecular complexity index is 928. The molecule has 0 aliphatic heterocycles. The fourth-order valence-corrected chi connectivity index (χ4v) is 5.86. The van der Waals surface area contributed by atoms with Crippen LogP contribution in [0.5, 0.6) is 0 Å². The normalized spacial score (nSPS) is 17.4. The van der Waals surface area contributed by atoms with Gasteiger partial charge in [0, 0.05) is 12.6 Å². The van der Waals surface area contributed by atoms with Gasteiger partial charge in [-0.1, -0.05) is 75.2 Å². The Labute approximate surface area is 202 Å². The van der Waals surface area contributed by atoms with E-state index in [-0.39, 0.29) is 17.5 Å². The van der Waals surface area contributed by atoms with Crippen molar-refractivity contribution in [2.75, 3.05) is 13.1 Å². The second-order valence-electron chi connectivity index (χ2n) is 9.57. The number of hydrogen-bond donors (Lipinski definition) is 0. The van der Waals surface area contributed by atoms with E-state index < -0.39 is 17.2 Å². The van der Waals surface area contributed by atoms with Gasteiger partial charge in [-0.25, -0.2) is 0 Å². The van der Waals surface area contributed by atoms with E-state index in [0.29, 0.717) is 6.42 Å². The molecule has 3 rings (SSSR count). The molecule has 1 fully saturated rings. The van der Waals surface area contributed by atoms with Crippen LogP contribution in [0.3, 0.4) is 0 Å². The summed E-state index contributed by atoms with van der Waals surface area (Å²) < 4.78 is 42.0. The predicted molar refractivity (Wildman–Crippen MR) is 131 cm³/mol. The maximum atomic E-state index is 14.0. The number of nitrogens with zero attached hydrogens (tertiary/aromatic N) is 2. The van der Waals surface area contributed by atoms with Crippen molar-refractivity contribution in [1.82, 2.24) is 4.90 Å². The van der Waals surface area contributed by atoms with E-state index in [1.807, 2.05) is 18.2 Å². The van der Waals surface area contributed by atoms with Gasteiger partial charge in [0.1, 0.15) is 0 Å². The Morgan fingerprint density at radius 1 is 0.971 bits per heavy atom. The molecular weight excluding hydrogens is 433 g/mol. The highest BCUT2D eigenvalue weighted by Crippen LogP contribution is 2.49. The lowest BCUT2D eigenvalue weighted by molar-refractivity contribution is -0.138. The zero-order chi connectivity index (χ0) is 24.6. The van der Waals surface area contributed by atoms with Crippen molar-refractivity contribution in [3.8, 4) is 6.07 Å². The molecule has 0 N–H and O–H groups in total. The monoisotopic (exact) mass is 470 g/mol. The highest BCUT2D eigenvalue weighted by molar-refractivity contribution is 5.42. The van der Waals surface area contributed by atoms with Crippen LogP contribution in [0, 0.1) is 17.2 Å². The summed E-state index contributed by atoms with van der Waals surface area (Å²) in [5.74, 6) is -0.0297. The zero-order valence-corrected chi connectivity index (χ0v) is 20.5. The van der Waals surface area contributed by atoms with Gasteiger partial charge < -0.3 is 4.90 Å². The molecule has 1 aliphatic carbocycles. The third-order valence-electron chi connectivity index (χ3n) is 7.76. The average Bonchev–Trinajstić information content (AvgIpc) is 3.39. The molecule has 0 amide bonds. The summed E-state index contributed by atoms with van der Waals surface area (Å²) in [6, 6.07) is 18.8. The molecule has 0 radical (unpaired) electrons. The number of nitriles is 1. The van der Waals surface area contributed by atoms with E-state index in [2.05, 4.69) is 36.9 Å². The summed E-state index contributed by atoms with van der Waals surface area (Å²) in [5, 5.41) is 10.5. The molecule has 0 bridgehead atoms. The summed E-state index contributed by atoms with van der Waals surface area (Å²) in [4.78, 5) is 2.43. The molecule has 2 aromatic rings. The fourth-order valence-electron chi connectivity index (χ4n) is 5.86. The topological polar surface area (TPSA) is 27.0 Å². The van der Waals surface area contributed by atoms with Crippen LogP contribution in [0.2, 0.25) is 0 Å². The van der Waals surface area contributed by atoms with E-state index >= 15 is 0 Å². The highest BCUT2D eigenvalue weighted by Gasteiger charge is 2.47. The molecule has 34 heavy (non-hydrogen) atoms. The van der Waals surface area contributed by atoms with Gasteiger partial charge in [-0.2, -0.15) is 18.4 Å². The molecule has 0 aromatic heterocycles. The highest BCUT2D eigenvalue weighted by atomic mass is 19.4. The minimum atomic E-state index is -4.47. The van der Waals surface area contributed by atoms with Crippen molar-refractivity contribution in [3.05, 3.63) is 71.3 Å². The molecule has 2 nitrogen and oxygen atoms in total. The smallest absolute Gasteiger partial charge is 0.300 e. The van der Waals surface area contributed by atoms with E-state index in [1.165, 1.54) is 11.6 Å². The number of alkyl halides is 3. The van der Waals surface area contributed by atoms with Crippen LogP contribution in [0.25, 0.3) is 0 Å². The first-order chi connectivity index (χ1) is 16.4. The van der Waals surface area contributed by atoms with Crippen LogP contribution in [-0.4, -0.2) is 24.0 Å². The van der Waals surface area contributed by atoms with Crippen LogP contribution in [0.1, 0.15) is 75.5 Å². The second-order valence-corrected chi connectivity index (χ2v) is 9.57. The van der Waals surface area contributed by atoms with Crippen molar-refractivity contribution in [3.63, 3.8) is 0 Å². The van der Waals surface area contributed by atoms with E-state index in [1.54, 1.807) is 12.1 Å². The summed E-state index contributed by atoms with van der Waals surface area (Å²) >= 11 is 0. The van der Waals surface area contributed by atoms with Crippen molar-refractivity contribution in [2.24, 2.45) is 5.92 Å². The first-order valence-electron chi connectivity index (χ1n) is 12.7. The van der Waals surface area contributed by atoms with Gasteiger partial charge in [0.2, 0.25) is 0 Å². The Morgan fingerprint density at radius 3 is 2.15 bits per heavy atom. The molecule has 184 valence electrons. The second kappa shape index (κ2) is 11.9. The lowest BCUT2D eigenvalue weighted by Crippen LogP contribution is -2.40. The number of rotatable bonds is 11. The summed E-state index contributed by atoms with van der Waals surface area (Å²) in [6.45, 7) is 6.07. The lowest BCUT2D eigenvalue weighted by atomic mass is 9.65. The standard InChI is InChI=1S/C29H37F3N2/c1-3-25(34(4-2)21-19-23-12-6-5-7-13-23)18-20-28(22-33,24-14-8-9-15-24)26-16-10-11-17-27(26)29(30,31)32/h5-7,10-13,16-17,24-25H,3-4,8-9,14-15,18-21H2,1-2H3. The Morgan fingerprint density at radius 2 is 1.59 bits per heavy atom. The fraction of sp³-hybridized carbons (Fsp3) is 0.552. The number of likely N-dealkylation sites (N-methyl/N-ethyl adjacent to an activating group) is 1. The van der Waals surface area contributed by atoms with Crippen molar-refractivity contribution < 1.29 is 13.2 Å². The number of benzene rings is 2. The van der Waals surface area contributed by atoms with Crippen LogP contribution < -0.4 is 0 Å². The summed E-state index contributed by atoms with van der Waals surface area (Å²) in [5.41, 5.74) is -0.284.